The summed E-state index contributed by atoms with van der Waals surface area (Å²) in [5.41, 5.74) is 5.89. The summed E-state index contributed by atoms with van der Waals surface area (Å²) in [4.78, 5) is 35.7. The van der Waals surface area contributed by atoms with Crippen molar-refractivity contribution in [2.24, 2.45) is 11.8 Å². The normalized spacial score (nSPS) is 21.4. The van der Waals surface area contributed by atoms with E-state index >= 15 is 4.79 Å². The van der Waals surface area contributed by atoms with Crippen LogP contribution in [0.3, 0.4) is 0 Å². The lowest BCUT2D eigenvalue weighted by Gasteiger charge is -2.36. The van der Waals surface area contributed by atoms with Crippen molar-refractivity contribution >= 4 is 39.1 Å². The van der Waals surface area contributed by atoms with Gasteiger partial charge in [-0.3, -0.25) is 9.59 Å². The van der Waals surface area contributed by atoms with Gasteiger partial charge in [-0.2, -0.15) is 12.7 Å². The molecular weight excluding hydrogens is 689 g/mol. The van der Waals surface area contributed by atoms with Gasteiger partial charge in [0.15, 0.2) is 0 Å². The molecule has 53 heavy (non-hydrogen) atoms. The third kappa shape index (κ3) is 7.74. The molecule has 2 unspecified atom stereocenters. The van der Waals surface area contributed by atoms with Gasteiger partial charge >= 0.3 is 10.2 Å². The number of hydrogen-bond acceptors (Lipinski definition) is 7. The fourth-order valence-electron chi connectivity index (χ4n) is 8.90. The van der Waals surface area contributed by atoms with Crippen molar-refractivity contribution in [3.05, 3.63) is 58.3 Å². The van der Waals surface area contributed by atoms with Crippen molar-refractivity contribution in [2.75, 3.05) is 73.6 Å². The Morgan fingerprint density at radius 3 is 2.15 bits per heavy atom. The van der Waals surface area contributed by atoms with E-state index in [9.17, 15) is 13.2 Å². The Balaban J connectivity index is 1.50. The van der Waals surface area contributed by atoms with Crippen molar-refractivity contribution in [1.82, 2.24) is 28.3 Å². The highest BCUT2D eigenvalue weighted by atomic mass is 32.2. The maximum absolute atomic E-state index is 15.1. The van der Waals surface area contributed by atoms with E-state index in [0.29, 0.717) is 25.4 Å². The van der Waals surface area contributed by atoms with E-state index < -0.39 is 28.0 Å². The molecule has 0 saturated heterocycles. The molecule has 290 valence electrons. The molecule has 3 atom stereocenters. The molecule has 3 aliphatic carbocycles. The number of benzene rings is 1. The molecule has 4 aliphatic rings. The molecule has 12 heteroatoms. The lowest BCUT2D eigenvalue weighted by atomic mass is 9.76. The number of carbonyl (C=O) groups is 2. The Morgan fingerprint density at radius 1 is 0.925 bits per heavy atom. The molecule has 0 bridgehead atoms. The van der Waals surface area contributed by atoms with Gasteiger partial charge in [-0.15, -0.1) is 0 Å². The largest absolute Gasteiger partial charge is 0.496 e. The summed E-state index contributed by atoms with van der Waals surface area (Å²) in [7, 11) is 0.515. The first-order valence-electron chi connectivity index (χ1n) is 19.8. The Hall–Kier alpha value is -3.45. The standard InChI is InChI=1S/C41H60N6O5S/c1-8-44(9-2)22-24-46(25-23-45(10-3)11-4)41(49)31-19-15-18-30-36(31)34-26-32-35(52-7)21-20-29(28-16-13-12-14-17-28)39(32)47(34)27-33-37(30)38(33)40(48)42-53(50,51)43(5)6/h15,18,20-21,26-28,31,36,38H,8-14,16-17,19,22-25H2,1-7H3,(H,42,48)/t31-,36?,38?/m1/s1. The van der Waals surface area contributed by atoms with Crippen molar-refractivity contribution in [3.8, 4) is 5.75 Å². The van der Waals surface area contributed by atoms with Gasteiger partial charge in [-0.1, -0.05) is 65.2 Å². The lowest BCUT2D eigenvalue weighted by Crippen LogP contribution is -2.46. The van der Waals surface area contributed by atoms with Gasteiger partial charge < -0.3 is 24.0 Å². The molecule has 11 nitrogen and oxygen atoms in total. The third-order valence-electron chi connectivity index (χ3n) is 12.2. The van der Waals surface area contributed by atoms with Gasteiger partial charge in [-0.25, -0.2) is 4.72 Å². The fourth-order valence-corrected chi connectivity index (χ4v) is 9.46. The molecule has 2 saturated carbocycles. The zero-order valence-corrected chi connectivity index (χ0v) is 33.7. The van der Waals surface area contributed by atoms with Crippen molar-refractivity contribution in [2.45, 2.75) is 78.1 Å². The molecule has 2 heterocycles. The van der Waals surface area contributed by atoms with Crippen LogP contribution in [-0.4, -0.2) is 117 Å². The van der Waals surface area contributed by atoms with Crippen LogP contribution in [0.5, 0.6) is 5.75 Å². The number of rotatable bonds is 16. The highest BCUT2D eigenvalue weighted by Crippen LogP contribution is 2.57. The summed E-state index contributed by atoms with van der Waals surface area (Å²) in [6.07, 6.45) is 12.6. The third-order valence-corrected chi connectivity index (χ3v) is 13.6. The molecule has 2 fully saturated rings. The molecule has 0 spiro atoms. The molecule has 1 aromatic heterocycles. The number of ether oxygens (including phenoxy) is 1. The van der Waals surface area contributed by atoms with Crippen LogP contribution in [0.15, 0.2) is 47.1 Å². The predicted molar refractivity (Wildman–Crippen MR) is 212 cm³/mol. The lowest BCUT2D eigenvalue weighted by molar-refractivity contribution is -0.136. The molecule has 0 radical (unpaired) electrons. The van der Waals surface area contributed by atoms with Crippen molar-refractivity contribution < 1.29 is 22.7 Å². The number of carbonyl (C=O) groups excluding carboxylic acids is 2. The topological polar surface area (TPSA) is 107 Å². The summed E-state index contributed by atoms with van der Waals surface area (Å²) in [5, 5.41) is 1.00. The fraction of sp³-hybridized carbons (Fsp3) is 0.610. The maximum atomic E-state index is 15.1. The quantitative estimate of drug-likeness (QED) is 0.239. The minimum atomic E-state index is -4.00. The van der Waals surface area contributed by atoms with Gasteiger partial charge in [0.05, 0.1) is 24.5 Å². The number of amides is 2. The second kappa shape index (κ2) is 16.5. The minimum absolute atomic E-state index is 0.119. The Labute approximate surface area is 316 Å². The molecule has 2 amide bonds. The molecule has 1 aromatic carbocycles. The van der Waals surface area contributed by atoms with Gasteiger partial charge in [0.2, 0.25) is 11.8 Å². The number of nitrogens with one attached hydrogen (secondary N) is 1. The van der Waals surface area contributed by atoms with E-state index in [-0.39, 0.29) is 11.8 Å². The van der Waals surface area contributed by atoms with Crippen molar-refractivity contribution in [1.29, 1.82) is 0 Å². The van der Waals surface area contributed by atoms with E-state index in [1.54, 1.807) is 7.11 Å². The van der Waals surface area contributed by atoms with Crippen LogP contribution < -0.4 is 9.46 Å². The zero-order valence-electron chi connectivity index (χ0n) is 32.9. The second-order valence-corrected chi connectivity index (χ2v) is 17.0. The summed E-state index contributed by atoms with van der Waals surface area (Å²) >= 11 is 0. The van der Waals surface area contributed by atoms with E-state index in [0.717, 1.165) is 95.5 Å². The Morgan fingerprint density at radius 2 is 1.57 bits per heavy atom. The summed E-state index contributed by atoms with van der Waals surface area (Å²) in [6.45, 7) is 15.2. The first kappa shape index (κ1) is 39.2. The summed E-state index contributed by atoms with van der Waals surface area (Å²) in [5.74, 6) is -0.734. The van der Waals surface area contributed by atoms with Crippen LogP contribution in [0.25, 0.3) is 17.1 Å². The van der Waals surface area contributed by atoms with Crippen LogP contribution in [0.4, 0.5) is 0 Å². The smallest absolute Gasteiger partial charge is 0.303 e. The molecular formula is C41H60N6O5S. The van der Waals surface area contributed by atoms with E-state index in [4.69, 9.17) is 4.74 Å². The SMILES string of the molecule is CCN(CC)CCN(CCN(CC)CC)C(=O)[C@@H]1CC=CC2=C3C(=Cn4c(cc5c(OC)ccc(C6CCCCC6)c54)C21)C3C(=O)NS(=O)(=O)N(C)C. The van der Waals surface area contributed by atoms with E-state index in [2.05, 4.69) is 82.0 Å². The number of likely N-dealkylation sites (N-methyl/N-ethyl adjacent to an activating group) is 2. The number of methoxy groups -OCH3 is 1. The minimum Gasteiger partial charge on any atom is -0.496 e. The van der Waals surface area contributed by atoms with Crippen LogP contribution in [0.1, 0.15) is 89.3 Å². The average molecular weight is 749 g/mol. The van der Waals surface area contributed by atoms with E-state index in [1.807, 2.05) is 6.20 Å². The molecule has 1 aliphatic heterocycles. The summed E-state index contributed by atoms with van der Waals surface area (Å²) < 4.78 is 37.2. The molecule has 2 aromatic rings. The monoisotopic (exact) mass is 748 g/mol. The van der Waals surface area contributed by atoms with Crippen molar-refractivity contribution in [3.63, 3.8) is 0 Å². The van der Waals surface area contributed by atoms with Gasteiger partial charge in [0.1, 0.15) is 5.75 Å². The van der Waals surface area contributed by atoms with E-state index in [1.165, 1.54) is 38.9 Å². The summed E-state index contributed by atoms with van der Waals surface area (Å²) in [6, 6.07) is 6.50. The number of nitrogens with zero attached hydrogens (tertiary/aromatic N) is 5. The maximum Gasteiger partial charge on any atom is 0.303 e. The highest BCUT2D eigenvalue weighted by molar-refractivity contribution is 7.87. The second-order valence-electron chi connectivity index (χ2n) is 15.1. The Bertz CT molecular complexity index is 1860. The molecule has 6 rings (SSSR count). The van der Waals surface area contributed by atoms with Gasteiger partial charge in [-0.05, 0) is 85.8 Å². The number of aromatic nitrogens is 1. The average Bonchev–Trinajstić information content (AvgIpc) is 3.80. The van der Waals surface area contributed by atoms with Gasteiger partial charge in [0.25, 0.3) is 0 Å². The first-order valence-corrected chi connectivity index (χ1v) is 21.2. The number of allylic oxidation sites excluding steroid dienone is 3. The first-order chi connectivity index (χ1) is 25.5. The van der Waals surface area contributed by atoms with Crippen LogP contribution in [0.2, 0.25) is 0 Å². The van der Waals surface area contributed by atoms with Crippen LogP contribution in [-0.2, 0) is 19.8 Å². The van der Waals surface area contributed by atoms with Gasteiger partial charge in [0, 0.05) is 63.5 Å². The number of hydrogen-bond donors (Lipinski definition) is 1. The number of fused-ring (bicyclic) bond motifs is 6. The molecule has 1 N–H and O–H groups in total. The van der Waals surface area contributed by atoms with Crippen LogP contribution >= 0.6 is 0 Å². The van der Waals surface area contributed by atoms with Crippen LogP contribution in [0, 0.1) is 11.8 Å². The zero-order chi connectivity index (χ0) is 38.0. The predicted octanol–water partition coefficient (Wildman–Crippen LogP) is 5.57. The Kier molecular flexibility index (Phi) is 12.2. The highest BCUT2D eigenvalue weighted by Gasteiger charge is 2.52.